The first kappa shape index (κ1) is 44.6. The van der Waals surface area contributed by atoms with Gasteiger partial charge >= 0.3 is 5.97 Å². The van der Waals surface area contributed by atoms with E-state index in [1.807, 2.05) is 66.6 Å². The number of nitrogens with one attached hydrogen (secondary N) is 1. The van der Waals surface area contributed by atoms with Gasteiger partial charge in [0.2, 0.25) is 5.91 Å². The molecule has 0 spiro atoms. The smallest absolute Gasteiger partial charge is 0.308 e. The number of piperazine rings is 1. The highest BCUT2D eigenvalue weighted by atomic mass is 35.5. The number of halogens is 2. The standard InChI is InChI=1S/C46H47Cl2N11O4S2/c1-24-26(3)64-45-37(24)39(29-8-12-31(47)13-9-29)50-33(42-54-52-27(4)58(42)45)22-35(60)49-16-7-17-56-18-20-57(21-19-56)44(62)41-25(2)38-40(30-10-14-32(48)15-11-30)51-34(23-36(61)63-6)43-55-53-28(5)59(43)46(38)65-41/h8-15,33-34H,7,16-23H2,1-6H3,(H,49,60). The summed E-state index contributed by atoms with van der Waals surface area (Å²) < 4.78 is 8.99. The third kappa shape index (κ3) is 8.55. The predicted molar refractivity (Wildman–Crippen MR) is 253 cm³/mol. The molecular weight excluding hydrogens is 906 g/mol. The van der Waals surface area contributed by atoms with Crippen molar-refractivity contribution in [2.75, 3.05) is 46.4 Å². The number of aliphatic imine (C=N–C) groups is 2. The highest BCUT2D eigenvalue weighted by molar-refractivity contribution is 7.17. The van der Waals surface area contributed by atoms with Crippen molar-refractivity contribution in [3.8, 4) is 10.0 Å². The molecule has 0 saturated carbocycles. The second kappa shape index (κ2) is 18.4. The number of rotatable bonds is 11. The number of thiophene rings is 2. The number of carbonyl (C=O) groups excluding carboxylic acids is 3. The van der Waals surface area contributed by atoms with Crippen LogP contribution in [0.25, 0.3) is 10.0 Å². The summed E-state index contributed by atoms with van der Waals surface area (Å²) in [6.45, 7) is 13.7. The van der Waals surface area contributed by atoms with E-state index in [9.17, 15) is 14.4 Å². The molecule has 2 amide bonds. The number of methoxy groups -OCH3 is 1. The van der Waals surface area contributed by atoms with E-state index < -0.39 is 18.1 Å². The summed E-state index contributed by atoms with van der Waals surface area (Å²) in [5, 5.41) is 23.9. The van der Waals surface area contributed by atoms with Crippen molar-refractivity contribution in [3.05, 3.63) is 125 Å². The fourth-order valence-electron chi connectivity index (χ4n) is 8.70. The minimum Gasteiger partial charge on any atom is -0.469 e. The predicted octanol–water partition coefficient (Wildman–Crippen LogP) is 7.52. The zero-order valence-corrected chi connectivity index (χ0v) is 40.0. The summed E-state index contributed by atoms with van der Waals surface area (Å²) in [6.07, 6.45) is 0.842. The zero-order valence-electron chi connectivity index (χ0n) is 36.8. The molecular formula is C46H47Cl2N11O4S2. The summed E-state index contributed by atoms with van der Waals surface area (Å²) >= 11 is 15.6. The number of aryl methyl sites for hydroxylation is 3. The van der Waals surface area contributed by atoms with Gasteiger partial charge in [-0.25, -0.2) is 0 Å². The van der Waals surface area contributed by atoms with E-state index in [4.69, 9.17) is 37.9 Å². The molecule has 19 heteroatoms. The molecule has 0 radical (unpaired) electrons. The van der Waals surface area contributed by atoms with Crippen LogP contribution in [0.2, 0.25) is 10.0 Å². The lowest BCUT2D eigenvalue weighted by molar-refractivity contribution is -0.141. The van der Waals surface area contributed by atoms with Crippen LogP contribution in [0.3, 0.4) is 0 Å². The van der Waals surface area contributed by atoms with Gasteiger partial charge in [0.15, 0.2) is 11.6 Å². The largest absolute Gasteiger partial charge is 0.469 e. The van der Waals surface area contributed by atoms with Crippen LogP contribution in [0.1, 0.15) is 103 Å². The van der Waals surface area contributed by atoms with Crippen molar-refractivity contribution in [3.63, 3.8) is 0 Å². The zero-order chi connectivity index (χ0) is 45.7. The Morgan fingerprint density at radius 3 is 1.78 bits per heavy atom. The molecule has 1 fully saturated rings. The minimum atomic E-state index is -0.658. The van der Waals surface area contributed by atoms with Crippen molar-refractivity contribution in [2.24, 2.45) is 9.98 Å². The molecule has 65 heavy (non-hydrogen) atoms. The maximum atomic E-state index is 14.4. The Bertz CT molecular complexity index is 2890. The number of nitrogens with zero attached hydrogens (tertiary/aromatic N) is 10. The fourth-order valence-corrected chi connectivity index (χ4v) is 11.5. The quantitative estimate of drug-likeness (QED) is 0.102. The maximum absolute atomic E-state index is 14.4. The van der Waals surface area contributed by atoms with Gasteiger partial charge in [-0.05, 0) is 83.0 Å². The number of hydrogen-bond donors (Lipinski definition) is 1. The Balaban J connectivity index is 0.852. The van der Waals surface area contributed by atoms with E-state index >= 15 is 0 Å². The van der Waals surface area contributed by atoms with Crippen LogP contribution in [-0.2, 0) is 14.3 Å². The average Bonchev–Trinajstić information content (AvgIpc) is 4.00. The summed E-state index contributed by atoms with van der Waals surface area (Å²) in [4.78, 5) is 56.9. The summed E-state index contributed by atoms with van der Waals surface area (Å²) in [5.41, 5.74) is 6.93. The van der Waals surface area contributed by atoms with E-state index in [1.165, 1.54) is 23.3 Å². The normalized spacial score (nSPS) is 17.0. The van der Waals surface area contributed by atoms with Gasteiger partial charge in [-0.2, -0.15) is 0 Å². The number of benzene rings is 2. The molecule has 4 aromatic heterocycles. The first-order valence-electron chi connectivity index (χ1n) is 21.4. The van der Waals surface area contributed by atoms with Crippen LogP contribution >= 0.6 is 45.9 Å². The van der Waals surface area contributed by atoms with Crippen LogP contribution in [0.15, 0.2) is 58.5 Å². The van der Waals surface area contributed by atoms with E-state index in [-0.39, 0.29) is 24.7 Å². The van der Waals surface area contributed by atoms with Gasteiger partial charge in [-0.3, -0.25) is 38.4 Å². The Morgan fingerprint density at radius 1 is 0.708 bits per heavy atom. The number of amides is 2. The van der Waals surface area contributed by atoms with Gasteiger partial charge in [-0.15, -0.1) is 43.1 Å². The molecule has 2 unspecified atom stereocenters. The highest BCUT2D eigenvalue weighted by Crippen LogP contribution is 2.42. The molecule has 0 bridgehead atoms. The van der Waals surface area contributed by atoms with E-state index in [2.05, 4.69) is 49.0 Å². The minimum absolute atomic E-state index is 0.0226. The van der Waals surface area contributed by atoms with Gasteiger partial charge in [0.25, 0.3) is 5.91 Å². The molecule has 2 aromatic carbocycles. The van der Waals surface area contributed by atoms with Gasteiger partial charge in [0, 0.05) is 69.9 Å². The maximum Gasteiger partial charge on any atom is 0.308 e. The number of esters is 1. The van der Waals surface area contributed by atoms with Crippen LogP contribution in [-0.4, -0.2) is 115 Å². The monoisotopic (exact) mass is 951 g/mol. The highest BCUT2D eigenvalue weighted by Gasteiger charge is 2.36. The first-order valence-corrected chi connectivity index (χ1v) is 23.8. The Labute approximate surface area is 394 Å². The van der Waals surface area contributed by atoms with Gasteiger partial charge < -0.3 is 15.0 Å². The van der Waals surface area contributed by atoms with E-state index in [0.29, 0.717) is 70.8 Å². The van der Waals surface area contributed by atoms with E-state index in [0.717, 1.165) is 67.9 Å². The Morgan fingerprint density at radius 2 is 1.23 bits per heavy atom. The fraction of sp³-hybridized carbons (Fsp3) is 0.370. The summed E-state index contributed by atoms with van der Waals surface area (Å²) in [6, 6.07) is 13.8. The number of carbonyl (C=O) groups is 3. The Hall–Kier alpha value is -5.59. The third-order valence-electron chi connectivity index (χ3n) is 12.3. The SMILES string of the molecule is COC(=O)CC1N=C(c2ccc(Cl)cc2)c2c(sc(C(=O)N3CCN(CCCNC(=O)CC4N=C(c5ccc(Cl)cc5)c5c(sc(C)c5C)-n5c(C)nnc54)CC3)c2C)-n2c(C)nnc21. The lowest BCUT2D eigenvalue weighted by Crippen LogP contribution is -2.49. The molecule has 336 valence electrons. The molecule has 1 saturated heterocycles. The van der Waals surface area contributed by atoms with Crippen molar-refractivity contribution in [1.29, 1.82) is 0 Å². The number of hydrogen-bond acceptors (Lipinski definition) is 13. The first-order chi connectivity index (χ1) is 31.3. The summed E-state index contributed by atoms with van der Waals surface area (Å²) in [7, 11) is 1.35. The van der Waals surface area contributed by atoms with Gasteiger partial charge in [-0.1, -0.05) is 47.5 Å². The lowest BCUT2D eigenvalue weighted by atomic mass is 9.99. The van der Waals surface area contributed by atoms with Crippen molar-refractivity contribution >= 4 is 75.1 Å². The van der Waals surface area contributed by atoms with Crippen molar-refractivity contribution < 1.29 is 19.1 Å². The molecule has 3 aliphatic heterocycles. The third-order valence-corrected chi connectivity index (χ3v) is 15.2. The summed E-state index contributed by atoms with van der Waals surface area (Å²) in [5.74, 6) is 1.93. The van der Waals surface area contributed by atoms with E-state index in [1.54, 1.807) is 23.5 Å². The number of aromatic nitrogens is 6. The van der Waals surface area contributed by atoms with Crippen LogP contribution in [0, 0.1) is 34.6 Å². The molecule has 9 rings (SSSR count). The van der Waals surface area contributed by atoms with Crippen molar-refractivity contribution in [1.82, 2.24) is 44.6 Å². The lowest BCUT2D eigenvalue weighted by Gasteiger charge is -2.34. The van der Waals surface area contributed by atoms with Crippen LogP contribution < -0.4 is 5.32 Å². The molecule has 3 aliphatic rings. The molecule has 0 aliphatic carbocycles. The molecule has 7 heterocycles. The number of fused-ring (bicyclic) bond motifs is 6. The average molecular weight is 953 g/mol. The van der Waals surface area contributed by atoms with Gasteiger partial charge in [0.1, 0.15) is 33.7 Å². The number of ether oxygens (including phenoxy) is 1. The van der Waals surface area contributed by atoms with Crippen molar-refractivity contribution in [2.45, 2.75) is 66.0 Å². The molecule has 6 aromatic rings. The second-order valence-corrected chi connectivity index (χ2v) is 19.5. The molecule has 2 atom stereocenters. The van der Waals surface area contributed by atoms with Crippen LogP contribution in [0.5, 0.6) is 0 Å². The van der Waals surface area contributed by atoms with Gasteiger partial charge in [0.05, 0.1) is 36.3 Å². The molecule has 15 nitrogen and oxygen atoms in total. The Kier molecular flexibility index (Phi) is 12.6. The molecule has 1 N–H and O–H groups in total. The second-order valence-electron chi connectivity index (χ2n) is 16.4. The van der Waals surface area contributed by atoms with Crippen LogP contribution in [0.4, 0.5) is 0 Å². The topological polar surface area (TPSA) is 165 Å².